The molecule has 1 amide bonds. The molecule has 1 aliphatic rings. The molecule has 6 nitrogen and oxygen atoms in total. The molecule has 9 heteroatoms. The number of nitrogens with one attached hydrogen (secondary N) is 2. The van der Waals surface area contributed by atoms with Crippen LogP contribution in [0.5, 0.6) is 0 Å². The van der Waals surface area contributed by atoms with E-state index in [0.29, 0.717) is 33.1 Å². The van der Waals surface area contributed by atoms with Crippen molar-refractivity contribution in [3.05, 3.63) is 100.0 Å². The van der Waals surface area contributed by atoms with Crippen molar-refractivity contribution >= 4 is 57.8 Å². The molecule has 37 heavy (non-hydrogen) atoms. The van der Waals surface area contributed by atoms with Gasteiger partial charge in [-0.2, -0.15) is 0 Å². The molecule has 0 aliphatic carbocycles. The lowest BCUT2D eigenvalue weighted by molar-refractivity contribution is -0.115. The fourth-order valence-corrected chi connectivity index (χ4v) is 5.29. The molecule has 0 bridgehead atoms. The number of carbonyl (C=O) groups excluding carboxylic acids is 1. The molecule has 1 aliphatic heterocycles. The van der Waals surface area contributed by atoms with Gasteiger partial charge in [-0.15, -0.1) is 0 Å². The zero-order valence-electron chi connectivity index (χ0n) is 20.2. The SMILES string of the molecule is CCC(=O)Nc1ccc(N2C(=S)N[C@@H](c3ccccn3)[C@H]2c2ccc(-c3ccc(Cl)cc3Cl)o2)cc1C. The van der Waals surface area contributed by atoms with Crippen LogP contribution in [0.15, 0.2) is 77.3 Å². The van der Waals surface area contributed by atoms with Crippen molar-refractivity contribution in [2.24, 2.45) is 0 Å². The molecule has 0 spiro atoms. The van der Waals surface area contributed by atoms with E-state index in [0.717, 1.165) is 28.2 Å². The van der Waals surface area contributed by atoms with E-state index in [1.54, 1.807) is 18.3 Å². The number of amides is 1. The fourth-order valence-electron chi connectivity index (χ4n) is 4.44. The summed E-state index contributed by atoms with van der Waals surface area (Å²) in [6, 6.07) is 20.2. The number of hydrogen-bond donors (Lipinski definition) is 2. The van der Waals surface area contributed by atoms with Gasteiger partial charge >= 0.3 is 0 Å². The first kappa shape index (κ1) is 25.3. The summed E-state index contributed by atoms with van der Waals surface area (Å²) in [4.78, 5) is 18.6. The third-order valence-electron chi connectivity index (χ3n) is 6.30. The van der Waals surface area contributed by atoms with Crippen LogP contribution in [0.2, 0.25) is 10.0 Å². The van der Waals surface area contributed by atoms with Gasteiger partial charge in [0.1, 0.15) is 17.6 Å². The number of halogens is 2. The smallest absolute Gasteiger partial charge is 0.224 e. The normalized spacial score (nSPS) is 17.1. The van der Waals surface area contributed by atoms with Gasteiger partial charge in [0.15, 0.2) is 5.11 Å². The van der Waals surface area contributed by atoms with Crippen molar-refractivity contribution < 1.29 is 9.21 Å². The molecule has 1 saturated heterocycles. The van der Waals surface area contributed by atoms with E-state index in [9.17, 15) is 4.79 Å². The van der Waals surface area contributed by atoms with Crippen LogP contribution in [0.1, 0.15) is 42.4 Å². The zero-order chi connectivity index (χ0) is 26.1. The van der Waals surface area contributed by atoms with Crippen molar-refractivity contribution in [3.8, 4) is 11.3 Å². The first-order chi connectivity index (χ1) is 17.9. The number of aryl methyl sites for hydroxylation is 1. The average molecular weight is 551 g/mol. The van der Waals surface area contributed by atoms with Crippen LogP contribution >= 0.6 is 35.4 Å². The highest BCUT2D eigenvalue weighted by Crippen LogP contribution is 2.44. The number of thiocarbonyl (C=S) groups is 1. The second kappa shape index (κ2) is 10.5. The third kappa shape index (κ3) is 5.07. The summed E-state index contributed by atoms with van der Waals surface area (Å²) < 4.78 is 6.39. The highest BCUT2D eigenvalue weighted by atomic mass is 35.5. The monoisotopic (exact) mass is 550 g/mol. The lowest BCUT2D eigenvalue weighted by Gasteiger charge is -2.27. The minimum Gasteiger partial charge on any atom is -0.459 e. The van der Waals surface area contributed by atoms with E-state index in [-0.39, 0.29) is 18.0 Å². The maximum Gasteiger partial charge on any atom is 0.224 e. The number of aromatic nitrogens is 1. The Morgan fingerprint density at radius 3 is 2.68 bits per heavy atom. The van der Waals surface area contributed by atoms with Crippen LogP contribution in [-0.2, 0) is 4.79 Å². The third-order valence-corrected chi connectivity index (χ3v) is 7.16. The van der Waals surface area contributed by atoms with Gasteiger partial charge in [-0.1, -0.05) is 36.2 Å². The number of nitrogens with zero attached hydrogens (tertiary/aromatic N) is 2. The zero-order valence-corrected chi connectivity index (χ0v) is 22.5. The quantitative estimate of drug-likeness (QED) is 0.242. The summed E-state index contributed by atoms with van der Waals surface area (Å²) in [6.07, 6.45) is 2.17. The minimum absolute atomic E-state index is 0.0359. The van der Waals surface area contributed by atoms with Gasteiger partial charge in [-0.05, 0) is 85.4 Å². The topological polar surface area (TPSA) is 70.4 Å². The number of hydrogen-bond acceptors (Lipinski definition) is 4. The summed E-state index contributed by atoms with van der Waals surface area (Å²) in [5, 5.41) is 7.99. The Bertz CT molecular complexity index is 1470. The number of benzene rings is 2. The Kier molecular flexibility index (Phi) is 7.20. The average Bonchev–Trinajstić information content (AvgIpc) is 3.50. The van der Waals surface area contributed by atoms with E-state index < -0.39 is 0 Å². The predicted octanol–water partition coefficient (Wildman–Crippen LogP) is 7.48. The number of anilines is 2. The van der Waals surface area contributed by atoms with E-state index in [2.05, 4.69) is 15.6 Å². The van der Waals surface area contributed by atoms with Gasteiger partial charge < -0.3 is 20.0 Å². The number of pyridine rings is 1. The number of furan rings is 1. The Labute approximate surface area is 230 Å². The van der Waals surface area contributed by atoms with Crippen LogP contribution in [0, 0.1) is 6.92 Å². The lowest BCUT2D eigenvalue weighted by atomic mass is 10.0. The van der Waals surface area contributed by atoms with Crippen LogP contribution < -0.4 is 15.5 Å². The van der Waals surface area contributed by atoms with Gasteiger partial charge in [0.25, 0.3) is 0 Å². The molecule has 2 aromatic heterocycles. The molecule has 0 unspecified atom stereocenters. The fraction of sp³-hybridized carbons (Fsp3) is 0.179. The van der Waals surface area contributed by atoms with Crippen LogP contribution in [0.25, 0.3) is 11.3 Å². The van der Waals surface area contributed by atoms with Crippen molar-refractivity contribution in [2.45, 2.75) is 32.4 Å². The van der Waals surface area contributed by atoms with Crippen molar-refractivity contribution in [1.29, 1.82) is 0 Å². The predicted molar refractivity (Wildman–Crippen MR) is 152 cm³/mol. The first-order valence-corrected chi connectivity index (χ1v) is 13.0. The maximum absolute atomic E-state index is 11.9. The largest absolute Gasteiger partial charge is 0.459 e. The van der Waals surface area contributed by atoms with Crippen LogP contribution in [0.3, 0.4) is 0 Å². The van der Waals surface area contributed by atoms with Gasteiger partial charge in [-0.3, -0.25) is 9.78 Å². The Balaban J connectivity index is 1.57. The number of carbonyl (C=O) groups is 1. The van der Waals surface area contributed by atoms with E-state index in [1.807, 2.05) is 73.3 Å². The van der Waals surface area contributed by atoms with Crippen molar-refractivity contribution in [2.75, 3.05) is 10.2 Å². The Morgan fingerprint density at radius 2 is 1.97 bits per heavy atom. The number of rotatable bonds is 6. The van der Waals surface area contributed by atoms with Gasteiger partial charge in [0, 0.05) is 34.6 Å². The highest BCUT2D eigenvalue weighted by Gasteiger charge is 2.42. The first-order valence-electron chi connectivity index (χ1n) is 11.8. The Hall–Kier alpha value is -3.39. The standard InChI is InChI=1S/C28H24Cl2N4O2S/c1-3-25(35)32-21-10-8-18(14-16(21)2)34-27(26(33-28(34)37)22-6-4-5-13-31-22)24-12-11-23(36-24)19-9-7-17(29)15-20(19)30/h4-15,26-27H,3H2,1-2H3,(H,32,35)(H,33,37)/t26-,27+/m0/s1. The molecule has 188 valence electrons. The van der Waals surface area contributed by atoms with Gasteiger partial charge in [0.2, 0.25) is 5.91 Å². The molecule has 0 saturated carbocycles. The molecule has 2 N–H and O–H groups in total. The molecular formula is C28H24Cl2N4O2S. The molecule has 3 heterocycles. The molecule has 1 fully saturated rings. The summed E-state index contributed by atoms with van der Waals surface area (Å²) in [7, 11) is 0. The van der Waals surface area contributed by atoms with Gasteiger partial charge in [0.05, 0.1) is 16.8 Å². The molecular weight excluding hydrogens is 527 g/mol. The maximum atomic E-state index is 11.9. The molecule has 0 radical (unpaired) electrons. The lowest BCUT2D eigenvalue weighted by Crippen LogP contribution is -2.29. The van der Waals surface area contributed by atoms with E-state index >= 15 is 0 Å². The summed E-state index contributed by atoms with van der Waals surface area (Å²) >= 11 is 18.4. The van der Waals surface area contributed by atoms with Crippen molar-refractivity contribution in [1.82, 2.24) is 10.3 Å². The van der Waals surface area contributed by atoms with E-state index in [1.165, 1.54) is 0 Å². The minimum atomic E-state index is -0.322. The molecule has 5 rings (SSSR count). The summed E-state index contributed by atoms with van der Waals surface area (Å²) in [6.45, 7) is 3.78. The molecule has 2 aromatic carbocycles. The Morgan fingerprint density at radius 1 is 1.14 bits per heavy atom. The van der Waals surface area contributed by atoms with Crippen LogP contribution in [-0.4, -0.2) is 16.0 Å². The van der Waals surface area contributed by atoms with E-state index in [4.69, 9.17) is 39.8 Å². The second-order valence-corrected chi connectivity index (χ2v) is 9.95. The van der Waals surface area contributed by atoms with Crippen molar-refractivity contribution in [3.63, 3.8) is 0 Å². The second-order valence-electron chi connectivity index (χ2n) is 8.72. The summed E-state index contributed by atoms with van der Waals surface area (Å²) in [5.41, 5.74) is 4.15. The van der Waals surface area contributed by atoms with Gasteiger partial charge in [-0.25, -0.2) is 0 Å². The summed E-state index contributed by atoms with van der Waals surface area (Å²) in [5.74, 6) is 1.29. The molecule has 4 aromatic rings. The van der Waals surface area contributed by atoms with Crippen LogP contribution in [0.4, 0.5) is 11.4 Å². The highest BCUT2D eigenvalue weighted by molar-refractivity contribution is 7.80. The molecule has 2 atom stereocenters.